The highest BCUT2D eigenvalue weighted by molar-refractivity contribution is 5.98. The lowest BCUT2D eigenvalue weighted by molar-refractivity contribution is -0.114. The molecule has 0 amide bonds. The zero-order valence-corrected chi connectivity index (χ0v) is 7.57. The summed E-state index contributed by atoms with van der Waals surface area (Å²) in [6, 6.07) is 0. The van der Waals surface area contributed by atoms with E-state index in [1.807, 2.05) is 0 Å². The molecule has 0 radical (unpaired) electrons. The minimum atomic E-state index is 0.451. The zero-order chi connectivity index (χ0) is 8.39. The smallest absolute Gasteiger partial charge is 0.158 e. The number of ketones is 1. The first-order valence-corrected chi connectivity index (χ1v) is 5.12. The summed E-state index contributed by atoms with van der Waals surface area (Å²) in [5.74, 6) is 0.451. The van der Waals surface area contributed by atoms with E-state index in [0.717, 1.165) is 19.3 Å². The van der Waals surface area contributed by atoms with E-state index in [1.165, 1.54) is 43.3 Å². The molecule has 2 aliphatic rings. The lowest BCUT2D eigenvalue weighted by Crippen LogP contribution is -2.02. The standard InChI is InChI=1S/C11H16O/c12-11-8-4-7-10(11)9-5-2-1-3-6-9/h1-8H2. The number of hydrogen-bond donors (Lipinski definition) is 0. The van der Waals surface area contributed by atoms with Crippen LogP contribution in [0.15, 0.2) is 11.1 Å². The van der Waals surface area contributed by atoms with Gasteiger partial charge in [0.1, 0.15) is 0 Å². The fraction of sp³-hybridized carbons (Fsp3) is 0.727. The van der Waals surface area contributed by atoms with E-state index in [4.69, 9.17) is 0 Å². The van der Waals surface area contributed by atoms with Crippen LogP contribution in [-0.4, -0.2) is 5.78 Å². The highest BCUT2D eigenvalue weighted by atomic mass is 16.1. The number of hydrogen-bond acceptors (Lipinski definition) is 1. The van der Waals surface area contributed by atoms with E-state index in [-0.39, 0.29) is 0 Å². The molecule has 2 rings (SSSR count). The van der Waals surface area contributed by atoms with Crippen molar-refractivity contribution in [3.63, 3.8) is 0 Å². The second-order valence-electron chi connectivity index (χ2n) is 3.92. The topological polar surface area (TPSA) is 17.1 Å². The number of rotatable bonds is 0. The van der Waals surface area contributed by atoms with Crippen molar-refractivity contribution in [2.75, 3.05) is 0 Å². The molecule has 1 heteroatoms. The maximum atomic E-state index is 11.4. The Bertz CT molecular complexity index is 217. The van der Waals surface area contributed by atoms with Crippen molar-refractivity contribution in [3.8, 4) is 0 Å². The number of Topliss-reactive ketones (excluding diaryl/α,β-unsaturated/α-hetero) is 1. The molecule has 0 unspecified atom stereocenters. The molecule has 0 N–H and O–H groups in total. The average molecular weight is 164 g/mol. The highest BCUT2D eigenvalue weighted by Gasteiger charge is 2.21. The number of carbonyl (C=O) groups is 1. The van der Waals surface area contributed by atoms with Gasteiger partial charge in [-0.2, -0.15) is 0 Å². The fourth-order valence-corrected chi connectivity index (χ4v) is 2.37. The van der Waals surface area contributed by atoms with E-state index < -0.39 is 0 Å². The molecule has 2 aliphatic carbocycles. The Morgan fingerprint density at radius 1 is 0.750 bits per heavy atom. The van der Waals surface area contributed by atoms with E-state index in [1.54, 1.807) is 0 Å². The van der Waals surface area contributed by atoms with Crippen LogP contribution in [-0.2, 0) is 4.79 Å². The van der Waals surface area contributed by atoms with Crippen LogP contribution in [0.5, 0.6) is 0 Å². The monoisotopic (exact) mass is 164 g/mol. The van der Waals surface area contributed by atoms with Crippen LogP contribution in [0.2, 0.25) is 0 Å². The molecule has 0 bridgehead atoms. The third-order valence-corrected chi connectivity index (χ3v) is 3.05. The molecule has 0 spiro atoms. The predicted molar refractivity (Wildman–Crippen MR) is 49.0 cm³/mol. The van der Waals surface area contributed by atoms with Crippen molar-refractivity contribution in [3.05, 3.63) is 11.1 Å². The van der Waals surface area contributed by atoms with Crippen LogP contribution in [0.1, 0.15) is 51.4 Å². The summed E-state index contributed by atoms with van der Waals surface area (Å²) in [6.45, 7) is 0. The first kappa shape index (κ1) is 8.03. The van der Waals surface area contributed by atoms with Crippen molar-refractivity contribution >= 4 is 5.78 Å². The van der Waals surface area contributed by atoms with Gasteiger partial charge in [0.05, 0.1) is 0 Å². The van der Waals surface area contributed by atoms with Crippen LogP contribution in [0.25, 0.3) is 0 Å². The lowest BCUT2D eigenvalue weighted by Gasteiger charge is -2.15. The Morgan fingerprint density at radius 2 is 1.50 bits per heavy atom. The Kier molecular flexibility index (Phi) is 2.29. The van der Waals surface area contributed by atoms with Crippen molar-refractivity contribution in [2.45, 2.75) is 51.4 Å². The summed E-state index contributed by atoms with van der Waals surface area (Å²) in [5.41, 5.74) is 2.72. The van der Waals surface area contributed by atoms with Gasteiger partial charge in [0.25, 0.3) is 0 Å². The molecule has 66 valence electrons. The number of carbonyl (C=O) groups excluding carboxylic acids is 1. The van der Waals surface area contributed by atoms with Crippen molar-refractivity contribution in [1.29, 1.82) is 0 Å². The maximum Gasteiger partial charge on any atom is 0.158 e. The van der Waals surface area contributed by atoms with Crippen LogP contribution in [0.3, 0.4) is 0 Å². The van der Waals surface area contributed by atoms with E-state index in [9.17, 15) is 4.79 Å². The molecule has 2 fully saturated rings. The molecular formula is C11H16O. The molecule has 0 atom stereocenters. The Balaban J connectivity index is 2.16. The third-order valence-electron chi connectivity index (χ3n) is 3.05. The van der Waals surface area contributed by atoms with Gasteiger partial charge in [-0.15, -0.1) is 0 Å². The summed E-state index contributed by atoms with van der Waals surface area (Å²) >= 11 is 0. The van der Waals surface area contributed by atoms with Gasteiger partial charge in [-0.25, -0.2) is 0 Å². The molecule has 0 aromatic carbocycles. The average Bonchev–Trinajstić information content (AvgIpc) is 2.53. The van der Waals surface area contributed by atoms with Gasteiger partial charge in [0, 0.05) is 6.42 Å². The summed E-state index contributed by atoms with van der Waals surface area (Å²) in [6.07, 6.45) is 9.41. The zero-order valence-electron chi connectivity index (χ0n) is 7.57. The van der Waals surface area contributed by atoms with Gasteiger partial charge in [0.15, 0.2) is 5.78 Å². The largest absolute Gasteiger partial charge is 0.295 e. The quantitative estimate of drug-likeness (QED) is 0.503. The molecule has 12 heavy (non-hydrogen) atoms. The fourth-order valence-electron chi connectivity index (χ4n) is 2.37. The first-order chi connectivity index (χ1) is 5.88. The van der Waals surface area contributed by atoms with E-state index in [2.05, 4.69) is 0 Å². The predicted octanol–water partition coefficient (Wildman–Crippen LogP) is 3.00. The van der Waals surface area contributed by atoms with E-state index >= 15 is 0 Å². The second-order valence-corrected chi connectivity index (χ2v) is 3.92. The Labute approximate surface area is 73.8 Å². The minimum Gasteiger partial charge on any atom is -0.295 e. The molecule has 0 aromatic rings. The van der Waals surface area contributed by atoms with Crippen molar-refractivity contribution < 1.29 is 4.79 Å². The molecule has 0 aliphatic heterocycles. The van der Waals surface area contributed by atoms with Gasteiger partial charge in [0.2, 0.25) is 0 Å². The Morgan fingerprint density at radius 3 is 2.08 bits per heavy atom. The summed E-state index contributed by atoms with van der Waals surface area (Å²) in [7, 11) is 0. The molecular weight excluding hydrogens is 148 g/mol. The van der Waals surface area contributed by atoms with E-state index in [0.29, 0.717) is 5.78 Å². The summed E-state index contributed by atoms with van der Waals surface area (Å²) in [4.78, 5) is 11.4. The highest BCUT2D eigenvalue weighted by Crippen LogP contribution is 2.32. The molecule has 0 aromatic heterocycles. The van der Waals surface area contributed by atoms with Gasteiger partial charge < -0.3 is 0 Å². The summed E-state index contributed by atoms with van der Waals surface area (Å²) in [5, 5.41) is 0. The first-order valence-electron chi connectivity index (χ1n) is 5.12. The van der Waals surface area contributed by atoms with Gasteiger partial charge in [-0.3, -0.25) is 4.79 Å². The van der Waals surface area contributed by atoms with Gasteiger partial charge in [-0.05, 0) is 44.1 Å². The molecule has 1 nitrogen and oxygen atoms in total. The van der Waals surface area contributed by atoms with Gasteiger partial charge in [-0.1, -0.05) is 12.0 Å². The summed E-state index contributed by atoms with van der Waals surface area (Å²) < 4.78 is 0. The van der Waals surface area contributed by atoms with Crippen LogP contribution >= 0.6 is 0 Å². The van der Waals surface area contributed by atoms with Gasteiger partial charge >= 0.3 is 0 Å². The van der Waals surface area contributed by atoms with Crippen molar-refractivity contribution in [1.82, 2.24) is 0 Å². The van der Waals surface area contributed by atoms with Crippen LogP contribution < -0.4 is 0 Å². The molecule has 2 saturated carbocycles. The maximum absolute atomic E-state index is 11.4. The SMILES string of the molecule is O=C1CCCC1=C1CCCCC1. The van der Waals surface area contributed by atoms with Crippen molar-refractivity contribution in [2.24, 2.45) is 0 Å². The number of allylic oxidation sites excluding steroid dienone is 2. The normalized spacial score (nSPS) is 25.2. The molecule has 0 saturated heterocycles. The van der Waals surface area contributed by atoms with Crippen LogP contribution in [0, 0.1) is 0 Å². The lowest BCUT2D eigenvalue weighted by atomic mass is 9.90. The Hall–Kier alpha value is -0.590. The molecule has 0 heterocycles. The third kappa shape index (κ3) is 1.45. The minimum absolute atomic E-state index is 0.451. The van der Waals surface area contributed by atoms with Crippen LogP contribution in [0.4, 0.5) is 0 Å². The second kappa shape index (κ2) is 3.42.